The van der Waals surface area contributed by atoms with Gasteiger partial charge in [-0.3, -0.25) is 15.0 Å². The van der Waals surface area contributed by atoms with Crippen molar-refractivity contribution in [1.29, 1.82) is 5.26 Å². The number of piperidine rings is 1. The Balaban J connectivity index is 1.26. The Morgan fingerprint density at radius 1 is 1.18 bits per heavy atom. The predicted molar refractivity (Wildman–Crippen MR) is 173 cm³/mol. The van der Waals surface area contributed by atoms with Crippen LogP contribution in [0.2, 0.25) is 0 Å². The molecule has 3 aliphatic heterocycles. The lowest BCUT2D eigenvalue weighted by atomic mass is 9.71. The number of anilines is 2. The van der Waals surface area contributed by atoms with E-state index in [0.717, 1.165) is 49.1 Å². The molecule has 3 fully saturated rings. The second-order valence-corrected chi connectivity index (χ2v) is 14.9. The maximum absolute atomic E-state index is 12.8. The van der Waals surface area contributed by atoms with Crippen LogP contribution in [0.4, 0.5) is 15.6 Å². The van der Waals surface area contributed by atoms with Crippen molar-refractivity contribution in [2.24, 2.45) is 0 Å². The SMILES string of the molecule is C[C@H](Oc1nc(-c2cc(C3(C)CCCc4sc(N)c(C#N)c43)sn2)cc(N2CCCC3(C2)NC(=O)NC3=O)n1)[C@@H]1CCCN1C. The number of likely N-dealkylation sites (tertiary alicyclic amines) is 1. The predicted octanol–water partition coefficient (Wildman–Crippen LogP) is 3.80. The van der Waals surface area contributed by atoms with Crippen LogP contribution in [-0.4, -0.2) is 75.5 Å². The Hall–Kier alpha value is -3.80. The molecule has 3 aromatic heterocycles. The third kappa shape index (κ3) is 5.10. The van der Waals surface area contributed by atoms with Crippen LogP contribution in [0.3, 0.4) is 0 Å². The van der Waals surface area contributed by atoms with Gasteiger partial charge < -0.3 is 20.7 Å². The van der Waals surface area contributed by atoms with Crippen molar-refractivity contribution >= 4 is 45.6 Å². The van der Waals surface area contributed by atoms with E-state index in [9.17, 15) is 14.9 Å². The van der Waals surface area contributed by atoms with E-state index >= 15 is 0 Å². The molecule has 45 heavy (non-hydrogen) atoms. The summed E-state index contributed by atoms with van der Waals surface area (Å²) in [5.41, 5.74) is 7.84. The van der Waals surface area contributed by atoms with E-state index in [2.05, 4.69) is 48.6 Å². The van der Waals surface area contributed by atoms with Gasteiger partial charge in [-0.1, -0.05) is 6.92 Å². The number of thiophene rings is 1. The summed E-state index contributed by atoms with van der Waals surface area (Å²) in [6.07, 6.45) is 6.12. The fraction of sp³-hybridized carbons (Fsp3) is 0.548. The highest BCUT2D eigenvalue weighted by Gasteiger charge is 2.49. The first kappa shape index (κ1) is 29.9. The molecule has 0 bridgehead atoms. The van der Waals surface area contributed by atoms with Gasteiger partial charge in [-0.2, -0.15) is 19.6 Å². The Labute approximate surface area is 270 Å². The lowest BCUT2D eigenvalue weighted by Gasteiger charge is -2.38. The number of carbonyl (C=O) groups is 2. The number of nitrogens with one attached hydrogen (secondary N) is 2. The molecule has 3 aromatic rings. The molecule has 0 radical (unpaired) electrons. The lowest BCUT2D eigenvalue weighted by molar-refractivity contribution is -0.124. The molecule has 4 atom stereocenters. The average molecular weight is 648 g/mol. The summed E-state index contributed by atoms with van der Waals surface area (Å²) < 4.78 is 11.3. The number of urea groups is 1. The van der Waals surface area contributed by atoms with Gasteiger partial charge in [-0.25, -0.2) is 4.79 Å². The Kier molecular flexibility index (Phi) is 7.45. The fourth-order valence-corrected chi connectivity index (χ4v) is 9.70. The molecule has 1 aliphatic carbocycles. The van der Waals surface area contributed by atoms with E-state index in [1.54, 1.807) is 0 Å². The minimum absolute atomic E-state index is 0.132. The molecular formula is C31H37N9O3S2. The van der Waals surface area contributed by atoms with Gasteiger partial charge in [0, 0.05) is 33.8 Å². The number of aromatic nitrogens is 3. The van der Waals surface area contributed by atoms with Gasteiger partial charge in [0.05, 0.1) is 17.8 Å². The second kappa shape index (κ2) is 11.2. The van der Waals surface area contributed by atoms with Crippen LogP contribution in [0.5, 0.6) is 6.01 Å². The van der Waals surface area contributed by atoms with E-state index < -0.39 is 11.6 Å². The number of fused-ring (bicyclic) bond motifs is 1. The maximum atomic E-state index is 12.8. The van der Waals surface area contributed by atoms with Crippen molar-refractivity contribution in [3.63, 3.8) is 0 Å². The fourth-order valence-electron chi connectivity index (χ4n) is 7.60. The third-order valence-corrected chi connectivity index (χ3v) is 12.1. The van der Waals surface area contributed by atoms with Crippen LogP contribution in [0.1, 0.15) is 73.3 Å². The standard InChI is InChI=1S/C31H37N9O3S2/c1-17(21-7-5-11-39(21)3)43-29-34-19(14-24(35-29)40-12-6-10-31(16-40)27(41)36-28(42)37-31)20-13-23(45-38-20)30(2)9-4-8-22-25(30)18(15-32)26(33)44-22/h13-14,17,21H,4-12,16,33H2,1-3H3,(H2,36,37,41,42)/t17-,21-,30?,31?/m0/s1. The van der Waals surface area contributed by atoms with Crippen LogP contribution in [0.25, 0.3) is 11.4 Å². The number of nitrogens with two attached hydrogens (primary N) is 1. The van der Waals surface area contributed by atoms with Gasteiger partial charge in [0.25, 0.3) is 5.91 Å². The van der Waals surface area contributed by atoms with Gasteiger partial charge in [0.1, 0.15) is 34.2 Å². The molecule has 14 heteroatoms. The number of rotatable bonds is 6. The molecule has 1 spiro atoms. The summed E-state index contributed by atoms with van der Waals surface area (Å²) in [7, 11) is 2.11. The molecule has 3 amide bonds. The number of hydrogen-bond acceptors (Lipinski definition) is 12. The number of hydrogen-bond donors (Lipinski definition) is 3. The minimum atomic E-state index is -0.997. The molecule has 3 saturated heterocycles. The third-order valence-electron chi connectivity index (χ3n) is 10.0. The first-order valence-electron chi connectivity index (χ1n) is 15.5. The Morgan fingerprint density at radius 2 is 2.02 bits per heavy atom. The summed E-state index contributed by atoms with van der Waals surface area (Å²) in [5, 5.41) is 15.8. The number of nitrogens with zero attached hydrogens (tertiary/aromatic N) is 6. The zero-order valence-corrected chi connectivity index (χ0v) is 27.3. The van der Waals surface area contributed by atoms with Crippen molar-refractivity contribution in [3.05, 3.63) is 33.0 Å². The Morgan fingerprint density at radius 3 is 2.76 bits per heavy atom. The maximum Gasteiger partial charge on any atom is 0.322 e. The monoisotopic (exact) mass is 647 g/mol. The summed E-state index contributed by atoms with van der Waals surface area (Å²) in [6.45, 7) is 6.23. The molecule has 7 rings (SSSR count). The van der Waals surface area contributed by atoms with Crippen molar-refractivity contribution in [2.75, 3.05) is 37.3 Å². The van der Waals surface area contributed by atoms with Gasteiger partial charge in [0.15, 0.2) is 0 Å². The Bertz CT molecular complexity index is 1720. The zero-order chi connectivity index (χ0) is 31.5. The highest BCUT2D eigenvalue weighted by Crippen LogP contribution is 2.50. The van der Waals surface area contributed by atoms with E-state index in [1.807, 2.05) is 11.0 Å². The number of likely N-dealkylation sites (N-methyl/N-ethyl adjacent to an activating group) is 1. The average Bonchev–Trinajstić information content (AvgIpc) is 3.79. The van der Waals surface area contributed by atoms with Crippen LogP contribution in [0, 0.1) is 11.3 Å². The molecule has 4 aliphatic rings. The van der Waals surface area contributed by atoms with Crippen molar-refractivity contribution in [3.8, 4) is 23.5 Å². The van der Waals surface area contributed by atoms with Gasteiger partial charge in [-0.15, -0.1) is 11.3 Å². The van der Waals surface area contributed by atoms with Crippen molar-refractivity contribution < 1.29 is 14.3 Å². The topological polar surface area (TPSA) is 162 Å². The largest absolute Gasteiger partial charge is 0.459 e. The first-order valence-corrected chi connectivity index (χ1v) is 17.1. The first-order chi connectivity index (χ1) is 21.6. The molecule has 0 aromatic carbocycles. The number of carbonyl (C=O) groups excluding carboxylic acids is 2. The number of ether oxygens (including phenoxy) is 1. The van der Waals surface area contributed by atoms with Gasteiger partial charge >= 0.3 is 12.0 Å². The van der Waals surface area contributed by atoms with Crippen LogP contribution in [-0.2, 0) is 16.6 Å². The highest BCUT2D eigenvalue weighted by atomic mass is 32.1. The minimum Gasteiger partial charge on any atom is -0.459 e. The quantitative estimate of drug-likeness (QED) is 0.336. The molecule has 12 nitrogen and oxygen atoms in total. The number of imide groups is 1. The van der Waals surface area contributed by atoms with Gasteiger partial charge in [0.2, 0.25) is 0 Å². The van der Waals surface area contributed by atoms with E-state index in [4.69, 9.17) is 24.8 Å². The summed E-state index contributed by atoms with van der Waals surface area (Å²) >= 11 is 2.95. The van der Waals surface area contributed by atoms with E-state index in [0.29, 0.717) is 53.7 Å². The summed E-state index contributed by atoms with van der Waals surface area (Å²) in [6, 6.07) is 6.37. The number of aryl methyl sites for hydroxylation is 1. The molecule has 6 heterocycles. The molecule has 0 saturated carbocycles. The van der Waals surface area contributed by atoms with Crippen molar-refractivity contribution in [2.45, 2.75) is 81.9 Å². The number of nitriles is 1. The van der Waals surface area contributed by atoms with E-state index in [-0.39, 0.29) is 29.5 Å². The number of nitrogen functional groups attached to an aromatic ring is 1. The zero-order valence-electron chi connectivity index (χ0n) is 25.7. The van der Waals surface area contributed by atoms with Crippen LogP contribution < -0.4 is 26.0 Å². The normalized spacial score (nSPS) is 27.2. The van der Waals surface area contributed by atoms with Crippen molar-refractivity contribution in [1.82, 2.24) is 29.9 Å². The van der Waals surface area contributed by atoms with Crippen LogP contribution in [0.15, 0.2) is 12.1 Å². The van der Waals surface area contributed by atoms with Crippen LogP contribution >= 0.6 is 22.9 Å². The van der Waals surface area contributed by atoms with E-state index in [1.165, 1.54) is 27.7 Å². The smallest absolute Gasteiger partial charge is 0.322 e. The summed E-state index contributed by atoms with van der Waals surface area (Å²) in [4.78, 5) is 41.2. The highest BCUT2D eigenvalue weighted by molar-refractivity contribution is 7.16. The summed E-state index contributed by atoms with van der Waals surface area (Å²) in [5.74, 6) is 0.309. The molecule has 4 N–H and O–H groups in total. The second-order valence-electron chi connectivity index (χ2n) is 12.9. The molecule has 2 unspecified atom stereocenters. The lowest BCUT2D eigenvalue weighted by Crippen LogP contribution is -2.58. The number of amides is 3. The van der Waals surface area contributed by atoms with Gasteiger partial charge in [-0.05, 0) is 88.6 Å². The molecule has 236 valence electrons. The molecular weight excluding hydrogens is 611 g/mol.